The fourth-order valence-corrected chi connectivity index (χ4v) is 6.28. The fraction of sp³-hybridized carbons (Fsp3) is 0.407. The zero-order chi connectivity index (χ0) is 23.2. The number of thiophene rings is 1. The second-order valence-corrected chi connectivity index (χ2v) is 10.5. The van der Waals surface area contributed by atoms with Crippen LogP contribution < -0.4 is 10.3 Å². The van der Waals surface area contributed by atoms with Crippen LogP contribution in [-0.2, 0) is 6.54 Å². The van der Waals surface area contributed by atoms with Gasteiger partial charge in [0.25, 0.3) is 5.56 Å². The van der Waals surface area contributed by atoms with Crippen LogP contribution in [0, 0.1) is 0 Å². The smallest absolute Gasteiger partial charge is 0.263 e. The summed E-state index contributed by atoms with van der Waals surface area (Å²) in [5.74, 6) is 2.25. The van der Waals surface area contributed by atoms with Crippen molar-refractivity contribution in [2.24, 2.45) is 0 Å². The summed E-state index contributed by atoms with van der Waals surface area (Å²) < 4.78 is 8.10. The number of likely N-dealkylation sites (tertiary alicyclic amines) is 1. The van der Waals surface area contributed by atoms with Crippen LogP contribution in [0.15, 0.2) is 41.2 Å². The highest BCUT2D eigenvalue weighted by atomic mass is 32.1. The molecule has 1 saturated heterocycles. The molecule has 0 unspecified atom stereocenters. The quantitative estimate of drug-likeness (QED) is 0.407. The van der Waals surface area contributed by atoms with E-state index in [4.69, 9.17) is 9.72 Å². The van der Waals surface area contributed by atoms with Gasteiger partial charge in [-0.05, 0) is 74.5 Å². The summed E-state index contributed by atoms with van der Waals surface area (Å²) in [6, 6.07) is 11.5. The van der Waals surface area contributed by atoms with Crippen LogP contribution >= 0.6 is 11.3 Å². The summed E-state index contributed by atoms with van der Waals surface area (Å²) in [4.78, 5) is 22.2. The lowest BCUT2D eigenvalue weighted by molar-refractivity contribution is 0.220. The maximum absolute atomic E-state index is 14.0. The Morgan fingerprint density at radius 3 is 2.71 bits per heavy atom. The van der Waals surface area contributed by atoms with E-state index in [1.54, 1.807) is 19.2 Å². The van der Waals surface area contributed by atoms with Gasteiger partial charge in [0, 0.05) is 24.0 Å². The van der Waals surface area contributed by atoms with E-state index in [2.05, 4.69) is 17.0 Å². The largest absolute Gasteiger partial charge is 0.506 e. The van der Waals surface area contributed by atoms with E-state index in [0.29, 0.717) is 22.7 Å². The van der Waals surface area contributed by atoms with Crippen LogP contribution in [-0.4, -0.2) is 46.3 Å². The van der Waals surface area contributed by atoms with Gasteiger partial charge < -0.3 is 14.7 Å². The van der Waals surface area contributed by atoms with Gasteiger partial charge in [-0.1, -0.05) is 18.6 Å². The third kappa shape index (κ3) is 3.77. The molecule has 3 heterocycles. The van der Waals surface area contributed by atoms with E-state index >= 15 is 0 Å². The number of ether oxygens (including phenoxy) is 1. The maximum Gasteiger partial charge on any atom is 0.263 e. The highest BCUT2D eigenvalue weighted by molar-refractivity contribution is 7.25. The fourth-order valence-electron chi connectivity index (χ4n) is 5.21. The highest BCUT2D eigenvalue weighted by Gasteiger charge is 2.29. The molecule has 0 spiro atoms. The molecule has 1 aliphatic heterocycles. The first-order chi connectivity index (χ1) is 16.6. The number of fused-ring (bicyclic) bond motifs is 3. The van der Waals surface area contributed by atoms with Crippen LogP contribution in [0.2, 0.25) is 0 Å². The van der Waals surface area contributed by atoms with Crippen molar-refractivity contribution in [3.8, 4) is 22.9 Å². The van der Waals surface area contributed by atoms with E-state index in [0.717, 1.165) is 59.7 Å². The van der Waals surface area contributed by atoms with Gasteiger partial charge in [-0.25, -0.2) is 4.98 Å². The lowest BCUT2D eigenvalue weighted by Crippen LogP contribution is -2.35. The molecule has 6 nitrogen and oxygen atoms in total. The molecule has 7 heteroatoms. The molecule has 2 aromatic carbocycles. The van der Waals surface area contributed by atoms with Gasteiger partial charge in [0.05, 0.1) is 17.2 Å². The number of phenols is 1. The number of aromatic nitrogens is 2. The van der Waals surface area contributed by atoms with E-state index < -0.39 is 0 Å². The average Bonchev–Trinajstić information content (AvgIpc) is 3.64. The number of hydrogen-bond donors (Lipinski definition) is 1. The minimum atomic E-state index is -0.0218. The summed E-state index contributed by atoms with van der Waals surface area (Å²) in [5.41, 5.74) is 2.20. The van der Waals surface area contributed by atoms with Crippen LogP contribution in [0.1, 0.15) is 43.6 Å². The van der Waals surface area contributed by atoms with E-state index in [1.807, 2.05) is 16.7 Å². The molecule has 2 aromatic heterocycles. The summed E-state index contributed by atoms with van der Waals surface area (Å²) in [7, 11) is 1.69. The minimum absolute atomic E-state index is 0.0218. The molecule has 176 valence electrons. The lowest BCUT2D eigenvalue weighted by atomic mass is 10.0. The molecular formula is C27H29N3O3S. The third-order valence-corrected chi connectivity index (χ3v) is 8.33. The predicted molar refractivity (Wildman–Crippen MR) is 137 cm³/mol. The third-order valence-electron chi connectivity index (χ3n) is 7.20. The molecule has 2 fully saturated rings. The van der Waals surface area contributed by atoms with Crippen molar-refractivity contribution in [3.05, 3.63) is 52.3 Å². The minimum Gasteiger partial charge on any atom is -0.506 e. The lowest BCUT2D eigenvalue weighted by Gasteiger charge is -2.27. The Hall–Kier alpha value is -2.90. The molecule has 1 saturated carbocycles. The first-order valence-corrected chi connectivity index (χ1v) is 13.0. The van der Waals surface area contributed by atoms with Gasteiger partial charge in [-0.3, -0.25) is 9.36 Å². The van der Waals surface area contributed by atoms with Crippen molar-refractivity contribution < 1.29 is 9.84 Å². The van der Waals surface area contributed by atoms with E-state index in [-0.39, 0.29) is 11.3 Å². The zero-order valence-electron chi connectivity index (χ0n) is 19.4. The number of benzene rings is 2. The molecule has 0 bridgehead atoms. The number of phenolic OH excluding ortho intramolecular Hbond substituents is 1. The topological polar surface area (TPSA) is 67.6 Å². The van der Waals surface area contributed by atoms with Crippen molar-refractivity contribution in [2.45, 2.75) is 44.6 Å². The Balaban J connectivity index is 1.55. The molecule has 4 aromatic rings. The average molecular weight is 476 g/mol. The number of methoxy groups -OCH3 is 1. The normalized spacial score (nSPS) is 17.0. The van der Waals surface area contributed by atoms with Crippen LogP contribution in [0.3, 0.4) is 0 Å². The summed E-state index contributed by atoms with van der Waals surface area (Å²) in [5, 5.41) is 11.8. The first-order valence-electron chi connectivity index (χ1n) is 12.2. The van der Waals surface area contributed by atoms with Gasteiger partial charge >= 0.3 is 0 Å². The van der Waals surface area contributed by atoms with Crippen molar-refractivity contribution in [3.63, 3.8) is 0 Å². The van der Waals surface area contributed by atoms with E-state index in [1.165, 1.54) is 36.2 Å². The molecule has 2 aliphatic rings. The number of piperidine rings is 1. The van der Waals surface area contributed by atoms with Crippen molar-refractivity contribution in [1.82, 2.24) is 14.5 Å². The Kier molecular flexibility index (Phi) is 5.54. The Morgan fingerprint density at radius 2 is 1.94 bits per heavy atom. The molecule has 1 aliphatic carbocycles. The molecular weight excluding hydrogens is 446 g/mol. The van der Waals surface area contributed by atoms with Gasteiger partial charge in [0.15, 0.2) is 0 Å². The van der Waals surface area contributed by atoms with Gasteiger partial charge in [-0.2, -0.15) is 0 Å². The molecule has 6 rings (SSSR count). The maximum atomic E-state index is 14.0. The first kappa shape index (κ1) is 21.6. The molecule has 1 N–H and O–H groups in total. The Bertz CT molecular complexity index is 1430. The summed E-state index contributed by atoms with van der Waals surface area (Å²) >= 11 is 1.39. The predicted octanol–water partition coefficient (Wildman–Crippen LogP) is 5.36. The molecule has 34 heavy (non-hydrogen) atoms. The van der Waals surface area contributed by atoms with Gasteiger partial charge in [-0.15, -0.1) is 11.3 Å². The van der Waals surface area contributed by atoms with Crippen molar-refractivity contribution in [2.75, 3.05) is 26.7 Å². The van der Waals surface area contributed by atoms with Crippen molar-refractivity contribution >= 4 is 31.6 Å². The number of rotatable bonds is 6. The van der Waals surface area contributed by atoms with Gasteiger partial charge in [0.2, 0.25) is 0 Å². The standard InChI is InChI=1S/C27H29N3O3S/c1-33-18-10-11-19(21(16-18)17-8-9-17)25-28-26-23(20-6-5-7-22(31)24(20)34-26)27(32)30(25)15-14-29-12-3-2-4-13-29/h5-7,10-11,16-17,31H,2-4,8-9,12-15H2,1H3. The Morgan fingerprint density at radius 1 is 1.12 bits per heavy atom. The zero-order valence-corrected chi connectivity index (χ0v) is 20.2. The van der Waals surface area contributed by atoms with Gasteiger partial charge in [0.1, 0.15) is 22.2 Å². The van der Waals surface area contributed by atoms with Crippen molar-refractivity contribution in [1.29, 1.82) is 0 Å². The summed E-state index contributed by atoms with van der Waals surface area (Å²) in [6.07, 6.45) is 6.03. The second-order valence-electron chi connectivity index (χ2n) is 9.46. The molecule has 0 amide bonds. The van der Waals surface area contributed by atoms with Crippen LogP contribution in [0.4, 0.5) is 0 Å². The monoisotopic (exact) mass is 475 g/mol. The molecule has 0 atom stereocenters. The number of aromatic hydroxyl groups is 1. The Labute approximate surface area is 202 Å². The number of nitrogens with zero attached hydrogens (tertiary/aromatic N) is 3. The second kappa shape index (κ2) is 8.71. The highest BCUT2D eigenvalue weighted by Crippen LogP contribution is 2.46. The molecule has 0 radical (unpaired) electrons. The SMILES string of the molecule is COc1ccc(-c2nc3sc4c(O)cccc4c3c(=O)n2CCN2CCCCC2)c(C2CC2)c1. The van der Waals surface area contributed by atoms with E-state index in [9.17, 15) is 9.90 Å². The van der Waals surface area contributed by atoms with Crippen LogP contribution in [0.5, 0.6) is 11.5 Å². The van der Waals surface area contributed by atoms with Crippen LogP contribution in [0.25, 0.3) is 31.7 Å². The summed E-state index contributed by atoms with van der Waals surface area (Å²) in [6.45, 7) is 3.61. The number of hydrogen-bond acceptors (Lipinski definition) is 6.